The van der Waals surface area contributed by atoms with Crippen LogP contribution in [0.25, 0.3) is 0 Å². The molecule has 0 aromatic heterocycles. The maximum absolute atomic E-state index is 12.9. The molecule has 0 saturated heterocycles. The molecule has 3 rings (SSSR count). The molecule has 25 heavy (non-hydrogen) atoms. The molecule has 1 amide bonds. The summed E-state index contributed by atoms with van der Waals surface area (Å²) >= 11 is 0. The van der Waals surface area contributed by atoms with Crippen LogP contribution in [0.5, 0.6) is 0 Å². The van der Waals surface area contributed by atoms with E-state index in [1.165, 1.54) is 12.1 Å². The van der Waals surface area contributed by atoms with E-state index in [9.17, 15) is 14.0 Å². The third kappa shape index (κ3) is 4.18. The summed E-state index contributed by atoms with van der Waals surface area (Å²) in [6.07, 6.45) is 0.105. The van der Waals surface area contributed by atoms with Crippen LogP contribution in [-0.4, -0.2) is 11.7 Å². The molecule has 0 bridgehead atoms. The number of para-hydroxylation sites is 1. The number of anilines is 1. The number of halogens is 1. The number of nitrogens with one attached hydrogen (secondary N) is 1. The molecule has 1 N–H and O–H groups in total. The van der Waals surface area contributed by atoms with Crippen LogP contribution < -0.4 is 5.32 Å². The Kier molecular flexibility index (Phi) is 5.00. The predicted molar refractivity (Wildman–Crippen MR) is 95.1 cm³/mol. The zero-order chi connectivity index (χ0) is 17.6. The Hall–Kier alpha value is -3.27. The first-order valence-electron chi connectivity index (χ1n) is 7.86. The molecule has 3 aromatic rings. The summed E-state index contributed by atoms with van der Waals surface area (Å²) in [5.41, 5.74) is 2.15. The number of rotatable bonds is 5. The van der Waals surface area contributed by atoms with E-state index in [0.717, 1.165) is 0 Å². The van der Waals surface area contributed by atoms with Crippen molar-refractivity contribution >= 4 is 17.4 Å². The van der Waals surface area contributed by atoms with Crippen LogP contribution in [0, 0.1) is 5.82 Å². The monoisotopic (exact) mass is 333 g/mol. The minimum atomic E-state index is -0.344. The van der Waals surface area contributed by atoms with Gasteiger partial charge in [-0.3, -0.25) is 9.59 Å². The van der Waals surface area contributed by atoms with Crippen LogP contribution in [0.4, 0.5) is 10.1 Å². The van der Waals surface area contributed by atoms with Crippen LogP contribution in [0.2, 0.25) is 0 Å². The van der Waals surface area contributed by atoms with Crippen molar-refractivity contribution in [2.45, 2.75) is 6.42 Å². The number of benzene rings is 3. The number of hydrogen-bond acceptors (Lipinski definition) is 2. The van der Waals surface area contributed by atoms with E-state index in [1.54, 1.807) is 60.7 Å². The second-order valence-corrected chi connectivity index (χ2v) is 5.59. The van der Waals surface area contributed by atoms with Gasteiger partial charge in [-0.25, -0.2) is 4.39 Å². The summed E-state index contributed by atoms with van der Waals surface area (Å²) in [5, 5.41) is 2.77. The van der Waals surface area contributed by atoms with Gasteiger partial charge in [0.05, 0.1) is 12.1 Å². The molecule has 0 heterocycles. The molecule has 0 spiro atoms. The highest BCUT2D eigenvalue weighted by molar-refractivity contribution is 6.13. The Balaban J connectivity index is 1.78. The standard InChI is InChI=1S/C21H16FNO2/c22-17-12-10-15(11-13-17)14-20(24)23-19-9-5-4-8-18(19)21(25)16-6-2-1-3-7-16/h1-13H,14H2,(H,23,24). The molecule has 3 aromatic carbocycles. The average molecular weight is 333 g/mol. The third-order valence-electron chi connectivity index (χ3n) is 3.76. The van der Waals surface area contributed by atoms with Crippen LogP contribution in [-0.2, 0) is 11.2 Å². The number of amides is 1. The van der Waals surface area contributed by atoms with Crippen molar-refractivity contribution in [3.8, 4) is 0 Å². The van der Waals surface area contributed by atoms with Gasteiger partial charge in [0.1, 0.15) is 5.82 Å². The van der Waals surface area contributed by atoms with E-state index >= 15 is 0 Å². The molecular weight excluding hydrogens is 317 g/mol. The van der Waals surface area contributed by atoms with Crippen LogP contribution in [0.15, 0.2) is 78.9 Å². The van der Waals surface area contributed by atoms with Crippen LogP contribution in [0.1, 0.15) is 21.5 Å². The first-order valence-corrected chi connectivity index (χ1v) is 7.86. The summed E-state index contributed by atoms with van der Waals surface area (Å²) in [7, 11) is 0. The molecule has 0 saturated carbocycles. The topological polar surface area (TPSA) is 46.2 Å². The molecule has 0 atom stereocenters. The van der Waals surface area contributed by atoms with Crippen molar-refractivity contribution < 1.29 is 14.0 Å². The molecule has 0 aliphatic heterocycles. The number of carbonyl (C=O) groups excluding carboxylic acids is 2. The van der Waals surface area contributed by atoms with Gasteiger partial charge in [0.2, 0.25) is 5.91 Å². The van der Waals surface area contributed by atoms with Crippen molar-refractivity contribution in [1.29, 1.82) is 0 Å². The van der Waals surface area contributed by atoms with Crippen LogP contribution >= 0.6 is 0 Å². The van der Waals surface area contributed by atoms with Gasteiger partial charge in [0.15, 0.2) is 5.78 Å². The van der Waals surface area contributed by atoms with E-state index < -0.39 is 0 Å². The van der Waals surface area contributed by atoms with Gasteiger partial charge in [-0.05, 0) is 29.8 Å². The normalized spacial score (nSPS) is 10.3. The molecular formula is C21H16FNO2. The minimum Gasteiger partial charge on any atom is -0.325 e. The molecule has 0 aliphatic rings. The second kappa shape index (κ2) is 7.53. The van der Waals surface area contributed by atoms with E-state index in [2.05, 4.69) is 5.32 Å². The lowest BCUT2D eigenvalue weighted by Crippen LogP contribution is -2.17. The first-order chi connectivity index (χ1) is 12.1. The summed E-state index contributed by atoms with van der Waals surface area (Å²) in [6, 6.07) is 21.6. The van der Waals surface area contributed by atoms with Gasteiger partial charge in [-0.2, -0.15) is 0 Å². The fourth-order valence-corrected chi connectivity index (χ4v) is 2.52. The van der Waals surface area contributed by atoms with E-state index in [0.29, 0.717) is 22.4 Å². The lowest BCUT2D eigenvalue weighted by atomic mass is 10.0. The van der Waals surface area contributed by atoms with Crippen molar-refractivity contribution in [2.24, 2.45) is 0 Å². The lowest BCUT2D eigenvalue weighted by molar-refractivity contribution is -0.115. The lowest BCUT2D eigenvalue weighted by Gasteiger charge is -2.10. The largest absolute Gasteiger partial charge is 0.325 e. The SMILES string of the molecule is O=C(Cc1ccc(F)cc1)Nc1ccccc1C(=O)c1ccccc1. The molecule has 124 valence electrons. The van der Waals surface area contributed by atoms with Crippen molar-refractivity contribution in [2.75, 3.05) is 5.32 Å². The summed E-state index contributed by atoms with van der Waals surface area (Å²) in [6.45, 7) is 0. The van der Waals surface area contributed by atoms with Crippen molar-refractivity contribution in [3.05, 3.63) is 101 Å². The highest BCUT2D eigenvalue weighted by Gasteiger charge is 2.14. The van der Waals surface area contributed by atoms with Gasteiger partial charge in [-0.1, -0.05) is 54.6 Å². The summed E-state index contributed by atoms with van der Waals surface area (Å²) in [4.78, 5) is 24.9. The van der Waals surface area contributed by atoms with Gasteiger partial charge >= 0.3 is 0 Å². The molecule has 4 heteroatoms. The highest BCUT2D eigenvalue weighted by Crippen LogP contribution is 2.19. The van der Waals surface area contributed by atoms with Gasteiger partial charge < -0.3 is 5.32 Å². The third-order valence-corrected chi connectivity index (χ3v) is 3.76. The maximum atomic E-state index is 12.9. The van der Waals surface area contributed by atoms with Gasteiger partial charge in [0, 0.05) is 11.1 Å². The zero-order valence-electron chi connectivity index (χ0n) is 13.4. The fourth-order valence-electron chi connectivity index (χ4n) is 2.52. The second-order valence-electron chi connectivity index (χ2n) is 5.59. The van der Waals surface area contributed by atoms with E-state index in [1.807, 2.05) is 6.07 Å². The number of ketones is 1. The smallest absolute Gasteiger partial charge is 0.228 e. The maximum Gasteiger partial charge on any atom is 0.228 e. The Morgan fingerprint density at radius 1 is 0.800 bits per heavy atom. The zero-order valence-corrected chi connectivity index (χ0v) is 13.4. The summed E-state index contributed by atoms with van der Waals surface area (Å²) in [5.74, 6) is -0.763. The van der Waals surface area contributed by atoms with Crippen LogP contribution in [0.3, 0.4) is 0 Å². The molecule has 0 aliphatic carbocycles. The van der Waals surface area contributed by atoms with Gasteiger partial charge in [0.25, 0.3) is 0 Å². The predicted octanol–water partition coefficient (Wildman–Crippen LogP) is 4.24. The van der Waals surface area contributed by atoms with E-state index in [-0.39, 0.29) is 23.9 Å². The number of carbonyl (C=O) groups is 2. The highest BCUT2D eigenvalue weighted by atomic mass is 19.1. The first kappa shape index (κ1) is 16.6. The summed E-state index contributed by atoms with van der Waals surface area (Å²) < 4.78 is 12.9. The fraction of sp³-hybridized carbons (Fsp3) is 0.0476. The minimum absolute atomic E-state index is 0.105. The molecule has 0 fully saturated rings. The van der Waals surface area contributed by atoms with Crippen molar-refractivity contribution in [3.63, 3.8) is 0 Å². The van der Waals surface area contributed by atoms with Gasteiger partial charge in [-0.15, -0.1) is 0 Å². The Morgan fingerprint density at radius 2 is 1.44 bits per heavy atom. The van der Waals surface area contributed by atoms with Crippen molar-refractivity contribution in [1.82, 2.24) is 0 Å². The Morgan fingerprint density at radius 3 is 2.16 bits per heavy atom. The quantitative estimate of drug-likeness (QED) is 0.710. The molecule has 3 nitrogen and oxygen atoms in total. The number of hydrogen-bond donors (Lipinski definition) is 1. The average Bonchev–Trinajstić information content (AvgIpc) is 2.64. The Labute approximate surface area is 145 Å². The Bertz CT molecular complexity index is 889. The molecule has 0 unspecified atom stereocenters. The molecule has 0 radical (unpaired) electrons. The van der Waals surface area contributed by atoms with E-state index in [4.69, 9.17) is 0 Å².